The molecule has 0 bridgehead atoms. The molecule has 1 aromatic carbocycles. The highest BCUT2D eigenvalue weighted by atomic mass is 79.9. The zero-order valence-corrected chi connectivity index (χ0v) is 12.4. The molecule has 0 unspecified atom stereocenters. The van der Waals surface area contributed by atoms with Crippen molar-refractivity contribution < 1.29 is 8.78 Å². The third-order valence-corrected chi connectivity index (χ3v) is 4.40. The Kier molecular flexibility index (Phi) is 4.21. The van der Waals surface area contributed by atoms with Gasteiger partial charge in [0, 0.05) is 21.9 Å². The van der Waals surface area contributed by atoms with E-state index in [1.54, 1.807) is 0 Å². The van der Waals surface area contributed by atoms with Gasteiger partial charge >= 0.3 is 0 Å². The molecule has 2 rings (SSSR count). The van der Waals surface area contributed by atoms with Gasteiger partial charge in [-0.2, -0.15) is 0 Å². The maximum absolute atomic E-state index is 13.3. The van der Waals surface area contributed by atoms with Gasteiger partial charge in [-0.1, -0.05) is 37.9 Å². The number of rotatable bonds is 2. The van der Waals surface area contributed by atoms with E-state index in [0.29, 0.717) is 13.0 Å². The minimum Gasteiger partial charge on any atom is -0.293 e. The number of piperidine rings is 1. The maximum Gasteiger partial charge on any atom is 0.260 e. The van der Waals surface area contributed by atoms with Crippen molar-refractivity contribution in [1.29, 1.82) is 0 Å². The van der Waals surface area contributed by atoms with Crippen molar-refractivity contribution in [2.45, 2.75) is 25.3 Å². The number of likely N-dealkylation sites (tertiary alicyclic amines) is 1. The van der Waals surface area contributed by atoms with Gasteiger partial charge in [-0.15, -0.1) is 0 Å². The Bertz CT molecular complexity index is 389. The first kappa shape index (κ1) is 13.4. The van der Waals surface area contributed by atoms with Crippen molar-refractivity contribution in [3.05, 3.63) is 32.7 Å². The van der Waals surface area contributed by atoms with Gasteiger partial charge in [0.05, 0.1) is 6.54 Å². The lowest BCUT2D eigenvalue weighted by atomic mass is 10.1. The van der Waals surface area contributed by atoms with Crippen LogP contribution in [0, 0.1) is 0 Å². The summed E-state index contributed by atoms with van der Waals surface area (Å²) in [4.78, 5) is 1.81. The number of hydrogen-bond acceptors (Lipinski definition) is 1. The van der Waals surface area contributed by atoms with Gasteiger partial charge in [0.1, 0.15) is 0 Å². The summed E-state index contributed by atoms with van der Waals surface area (Å²) in [6, 6.07) is 5.78. The average molecular weight is 369 g/mol. The number of hydrogen-bond donors (Lipinski definition) is 0. The predicted molar refractivity (Wildman–Crippen MR) is 71.3 cm³/mol. The van der Waals surface area contributed by atoms with Gasteiger partial charge < -0.3 is 0 Å². The van der Waals surface area contributed by atoms with Crippen LogP contribution in [0.3, 0.4) is 0 Å². The Morgan fingerprint density at radius 3 is 2.47 bits per heavy atom. The second kappa shape index (κ2) is 5.33. The molecule has 0 atom stereocenters. The van der Waals surface area contributed by atoms with Crippen LogP contribution in [0.5, 0.6) is 0 Å². The Balaban J connectivity index is 2.10. The lowest BCUT2D eigenvalue weighted by Gasteiger charge is -2.32. The molecule has 0 aromatic heterocycles. The van der Waals surface area contributed by atoms with E-state index in [9.17, 15) is 8.78 Å². The van der Waals surface area contributed by atoms with Crippen molar-refractivity contribution in [2.75, 3.05) is 13.1 Å². The summed E-state index contributed by atoms with van der Waals surface area (Å²) >= 11 is 6.92. The predicted octanol–water partition coefficient (Wildman–Crippen LogP) is 4.44. The molecule has 0 spiro atoms. The molecule has 1 nitrogen and oxygen atoms in total. The van der Waals surface area contributed by atoms with E-state index in [0.717, 1.165) is 21.1 Å². The van der Waals surface area contributed by atoms with Gasteiger partial charge in [-0.25, -0.2) is 8.78 Å². The van der Waals surface area contributed by atoms with Crippen molar-refractivity contribution in [3.8, 4) is 0 Å². The molecule has 0 radical (unpaired) electrons. The second-order valence-corrected chi connectivity index (χ2v) is 6.08. The molecule has 1 aromatic rings. The van der Waals surface area contributed by atoms with Crippen LogP contribution in [0.25, 0.3) is 0 Å². The second-order valence-electron chi connectivity index (χ2n) is 4.37. The van der Waals surface area contributed by atoms with Crippen LogP contribution in [0.15, 0.2) is 27.1 Å². The number of nitrogens with zero attached hydrogens (tertiary/aromatic N) is 1. The minimum absolute atomic E-state index is 0.0145. The number of benzene rings is 1. The van der Waals surface area contributed by atoms with Crippen LogP contribution in [0.4, 0.5) is 8.78 Å². The highest BCUT2D eigenvalue weighted by Crippen LogP contribution is 2.31. The fourth-order valence-corrected chi connectivity index (χ4v) is 3.34. The summed E-state index contributed by atoms with van der Waals surface area (Å²) in [7, 11) is 0. The van der Waals surface area contributed by atoms with Crippen molar-refractivity contribution in [2.24, 2.45) is 0 Å². The molecule has 94 valence electrons. The number of alkyl halides is 2. The maximum atomic E-state index is 13.3. The smallest absolute Gasteiger partial charge is 0.260 e. The summed E-state index contributed by atoms with van der Waals surface area (Å²) in [5, 5.41) is 0. The molecular formula is C12H13Br2F2N. The summed E-state index contributed by atoms with van der Waals surface area (Å²) in [6.45, 7) is 1.15. The molecule has 0 aliphatic carbocycles. The largest absolute Gasteiger partial charge is 0.293 e. The van der Waals surface area contributed by atoms with Crippen LogP contribution in [0.1, 0.15) is 18.4 Å². The van der Waals surface area contributed by atoms with Gasteiger partial charge in [0.15, 0.2) is 0 Å². The first-order valence-corrected chi connectivity index (χ1v) is 7.10. The molecule has 1 aliphatic heterocycles. The molecule has 17 heavy (non-hydrogen) atoms. The minimum atomic E-state index is -2.54. The third-order valence-electron chi connectivity index (χ3n) is 2.92. The first-order valence-electron chi connectivity index (χ1n) is 5.51. The average Bonchev–Trinajstić information content (AvgIpc) is 2.22. The monoisotopic (exact) mass is 367 g/mol. The van der Waals surface area contributed by atoms with E-state index in [1.165, 1.54) is 0 Å². The quantitative estimate of drug-likeness (QED) is 0.745. The summed E-state index contributed by atoms with van der Waals surface area (Å²) in [5.41, 5.74) is 1.03. The highest BCUT2D eigenvalue weighted by molar-refractivity contribution is 9.11. The molecule has 1 fully saturated rings. The molecule has 1 aliphatic rings. The molecule has 1 saturated heterocycles. The number of halogens is 4. The van der Waals surface area contributed by atoms with Crippen LogP contribution in [-0.4, -0.2) is 23.9 Å². The van der Waals surface area contributed by atoms with Gasteiger partial charge in [-0.05, 0) is 30.7 Å². The Morgan fingerprint density at radius 2 is 1.88 bits per heavy atom. The standard InChI is InChI=1S/C12H13Br2F2N/c13-10-3-1-4-11(14)9(10)7-17-6-2-5-12(15,16)8-17/h1,3-4H,2,5-8H2. The zero-order chi connectivity index (χ0) is 12.5. The van der Waals surface area contributed by atoms with E-state index in [1.807, 2.05) is 23.1 Å². The molecule has 1 heterocycles. The Hall–Kier alpha value is -0.000000000000000111. The van der Waals surface area contributed by atoms with Gasteiger partial charge in [0.2, 0.25) is 0 Å². The molecular weight excluding hydrogens is 356 g/mol. The first-order chi connectivity index (χ1) is 7.98. The summed E-state index contributed by atoms with van der Waals surface area (Å²) in [6.07, 6.45) is 0.579. The Morgan fingerprint density at radius 1 is 1.24 bits per heavy atom. The van der Waals surface area contributed by atoms with E-state index in [-0.39, 0.29) is 13.0 Å². The van der Waals surface area contributed by atoms with Crippen molar-refractivity contribution >= 4 is 31.9 Å². The van der Waals surface area contributed by atoms with Crippen molar-refractivity contribution in [1.82, 2.24) is 4.90 Å². The van der Waals surface area contributed by atoms with E-state index >= 15 is 0 Å². The lowest BCUT2D eigenvalue weighted by Crippen LogP contribution is -2.42. The van der Waals surface area contributed by atoms with Gasteiger partial charge in [-0.3, -0.25) is 4.90 Å². The SMILES string of the molecule is FC1(F)CCCN(Cc2c(Br)cccc2Br)C1. The summed E-state index contributed by atoms with van der Waals surface area (Å²) in [5.74, 6) is -2.54. The van der Waals surface area contributed by atoms with Crippen LogP contribution in [-0.2, 0) is 6.54 Å². The topological polar surface area (TPSA) is 3.24 Å². The fraction of sp³-hybridized carbons (Fsp3) is 0.500. The third kappa shape index (κ3) is 3.48. The van der Waals surface area contributed by atoms with Crippen LogP contribution in [0.2, 0.25) is 0 Å². The molecule has 0 saturated carbocycles. The zero-order valence-electron chi connectivity index (χ0n) is 9.23. The molecule has 0 amide bonds. The summed E-state index contributed by atoms with van der Waals surface area (Å²) < 4.78 is 28.5. The van der Waals surface area contributed by atoms with E-state index < -0.39 is 5.92 Å². The normalized spacial score (nSPS) is 20.5. The van der Waals surface area contributed by atoms with E-state index in [2.05, 4.69) is 31.9 Å². The van der Waals surface area contributed by atoms with Crippen LogP contribution < -0.4 is 0 Å². The van der Waals surface area contributed by atoms with Gasteiger partial charge in [0.25, 0.3) is 5.92 Å². The highest BCUT2D eigenvalue weighted by Gasteiger charge is 2.35. The molecule has 0 N–H and O–H groups in total. The molecule has 5 heteroatoms. The van der Waals surface area contributed by atoms with Crippen molar-refractivity contribution in [3.63, 3.8) is 0 Å². The Labute approximate surface area is 116 Å². The van der Waals surface area contributed by atoms with Crippen LogP contribution >= 0.6 is 31.9 Å². The fourth-order valence-electron chi connectivity index (χ4n) is 2.09. The lowest BCUT2D eigenvalue weighted by molar-refractivity contribution is -0.0661. The van der Waals surface area contributed by atoms with E-state index in [4.69, 9.17) is 0 Å².